The molecule has 214 valence electrons. The number of methoxy groups -OCH3 is 1. The lowest BCUT2D eigenvalue weighted by Gasteiger charge is -2.14. The summed E-state index contributed by atoms with van der Waals surface area (Å²) < 4.78 is 5.14. The summed E-state index contributed by atoms with van der Waals surface area (Å²) in [4.78, 5) is 39.7. The van der Waals surface area contributed by atoms with Crippen LogP contribution in [0.25, 0.3) is 6.08 Å². The minimum absolute atomic E-state index is 0.0272. The van der Waals surface area contributed by atoms with Gasteiger partial charge in [-0.3, -0.25) is 14.4 Å². The molecule has 0 aliphatic rings. The Balaban J connectivity index is 1.42. The predicted molar refractivity (Wildman–Crippen MR) is 170 cm³/mol. The molecule has 1 unspecified atom stereocenters. The Bertz CT molecular complexity index is 1610. The van der Waals surface area contributed by atoms with Crippen LogP contribution in [0.15, 0.2) is 108 Å². The van der Waals surface area contributed by atoms with Crippen LogP contribution in [-0.4, -0.2) is 30.1 Å². The first-order valence-corrected chi connectivity index (χ1v) is 14.4. The van der Waals surface area contributed by atoms with Crippen LogP contribution >= 0.6 is 35.0 Å². The Morgan fingerprint density at radius 3 is 2.14 bits per heavy atom. The molecule has 4 rings (SSSR count). The van der Waals surface area contributed by atoms with Gasteiger partial charge in [-0.15, -0.1) is 11.8 Å². The van der Waals surface area contributed by atoms with Crippen molar-refractivity contribution in [2.24, 2.45) is 0 Å². The number of thioether (sulfide) groups is 1. The van der Waals surface area contributed by atoms with E-state index in [0.717, 1.165) is 4.90 Å². The van der Waals surface area contributed by atoms with Crippen LogP contribution in [-0.2, 0) is 9.59 Å². The number of ether oxygens (including phenoxy) is 1. The summed E-state index contributed by atoms with van der Waals surface area (Å²) in [6.45, 7) is 1.79. The van der Waals surface area contributed by atoms with Gasteiger partial charge in [0.25, 0.3) is 11.8 Å². The van der Waals surface area contributed by atoms with Gasteiger partial charge in [-0.05, 0) is 79.2 Å². The maximum absolute atomic E-state index is 13.3. The molecule has 4 aromatic carbocycles. The predicted octanol–water partition coefficient (Wildman–Crippen LogP) is 7.53. The fraction of sp³-hybridized carbons (Fsp3) is 0.0938. The quantitative estimate of drug-likeness (QED) is 0.126. The number of carbonyl (C=O) groups excluding carboxylic acids is 3. The Labute approximate surface area is 258 Å². The molecule has 3 N–H and O–H groups in total. The van der Waals surface area contributed by atoms with Crippen molar-refractivity contribution in [1.82, 2.24) is 5.32 Å². The minimum atomic E-state index is -0.523. The number of carbonyl (C=O) groups is 3. The molecule has 0 aliphatic carbocycles. The van der Waals surface area contributed by atoms with E-state index in [1.165, 1.54) is 24.9 Å². The second-order valence-corrected chi connectivity index (χ2v) is 11.2. The van der Waals surface area contributed by atoms with Crippen molar-refractivity contribution in [3.05, 3.63) is 124 Å². The van der Waals surface area contributed by atoms with Crippen LogP contribution in [0.3, 0.4) is 0 Å². The maximum Gasteiger partial charge on any atom is 0.272 e. The van der Waals surface area contributed by atoms with Crippen molar-refractivity contribution in [2.75, 3.05) is 17.7 Å². The summed E-state index contributed by atoms with van der Waals surface area (Å²) in [6, 6.07) is 27.7. The molecule has 0 bridgehead atoms. The highest BCUT2D eigenvalue weighted by Crippen LogP contribution is 2.29. The first-order chi connectivity index (χ1) is 20.2. The number of rotatable bonds is 10. The van der Waals surface area contributed by atoms with Crippen LogP contribution in [0.5, 0.6) is 5.75 Å². The Morgan fingerprint density at radius 1 is 0.810 bits per heavy atom. The lowest BCUT2D eigenvalue weighted by molar-refractivity contribution is -0.115. The van der Waals surface area contributed by atoms with Gasteiger partial charge in [0.15, 0.2) is 0 Å². The number of anilines is 2. The molecular formula is C32H27Cl2N3O4S. The van der Waals surface area contributed by atoms with E-state index in [1.54, 1.807) is 104 Å². The number of benzene rings is 4. The van der Waals surface area contributed by atoms with E-state index in [0.29, 0.717) is 38.3 Å². The van der Waals surface area contributed by atoms with E-state index in [2.05, 4.69) is 16.0 Å². The molecule has 0 radical (unpaired) electrons. The molecule has 0 fully saturated rings. The maximum atomic E-state index is 13.3. The van der Waals surface area contributed by atoms with Crippen molar-refractivity contribution < 1.29 is 19.1 Å². The van der Waals surface area contributed by atoms with Gasteiger partial charge >= 0.3 is 0 Å². The highest BCUT2D eigenvalue weighted by Gasteiger charge is 2.17. The summed E-state index contributed by atoms with van der Waals surface area (Å²) in [5, 5.41) is 8.78. The van der Waals surface area contributed by atoms with E-state index < -0.39 is 17.1 Å². The molecule has 0 aromatic heterocycles. The van der Waals surface area contributed by atoms with E-state index in [9.17, 15) is 14.4 Å². The Hall–Kier alpha value is -4.24. The molecule has 0 saturated heterocycles. The first kappa shape index (κ1) is 30.7. The number of nitrogens with one attached hydrogen (secondary N) is 3. The number of hydrogen-bond donors (Lipinski definition) is 3. The van der Waals surface area contributed by atoms with Crippen molar-refractivity contribution in [2.45, 2.75) is 17.1 Å². The summed E-state index contributed by atoms with van der Waals surface area (Å²) in [6.07, 6.45) is 1.53. The van der Waals surface area contributed by atoms with Gasteiger partial charge in [0.2, 0.25) is 5.91 Å². The van der Waals surface area contributed by atoms with E-state index >= 15 is 0 Å². The van der Waals surface area contributed by atoms with Crippen LogP contribution < -0.4 is 20.7 Å². The molecule has 0 spiro atoms. The summed E-state index contributed by atoms with van der Waals surface area (Å²) in [5.41, 5.74) is 2.09. The summed E-state index contributed by atoms with van der Waals surface area (Å²) in [7, 11) is 1.52. The highest BCUT2D eigenvalue weighted by atomic mass is 35.5. The van der Waals surface area contributed by atoms with Gasteiger partial charge < -0.3 is 20.7 Å². The first-order valence-electron chi connectivity index (χ1n) is 12.8. The fourth-order valence-corrected chi connectivity index (χ4v) is 5.07. The van der Waals surface area contributed by atoms with Crippen molar-refractivity contribution in [3.8, 4) is 5.75 Å². The molecule has 1 atom stereocenters. The lowest BCUT2D eigenvalue weighted by atomic mass is 10.1. The van der Waals surface area contributed by atoms with Crippen LogP contribution in [0, 0.1) is 0 Å². The van der Waals surface area contributed by atoms with Crippen molar-refractivity contribution in [1.29, 1.82) is 0 Å². The molecule has 42 heavy (non-hydrogen) atoms. The zero-order valence-corrected chi connectivity index (χ0v) is 25.0. The fourth-order valence-electron chi connectivity index (χ4n) is 3.75. The zero-order chi connectivity index (χ0) is 30.1. The number of hydrogen-bond acceptors (Lipinski definition) is 5. The van der Waals surface area contributed by atoms with Gasteiger partial charge in [-0.1, -0.05) is 59.6 Å². The second-order valence-electron chi connectivity index (χ2n) is 8.98. The molecule has 3 amide bonds. The Kier molecular flexibility index (Phi) is 10.7. The second kappa shape index (κ2) is 14.6. The third-order valence-electron chi connectivity index (χ3n) is 5.95. The topological polar surface area (TPSA) is 96.5 Å². The smallest absolute Gasteiger partial charge is 0.272 e. The average molecular weight is 621 g/mol. The van der Waals surface area contributed by atoms with Gasteiger partial charge in [-0.25, -0.2) is 0 Å². The third kappa shape index (κ3) is 8.39. The van der Waals surface area contributed by atoms with Crippen molar-refractivity contribution >= 4 is 70.1 Å². The van der Waals surface area contributed by atoms with Crippen LogP contribution in [0.4, 0.5) is 11.4 Å². The number of halogens is 2. The molecule has 0 aliphatic heterocycles. The van der Waals surface area contributed by atoms with Gasteiger partial charge in [0.1, 0.15) is 11.4 Å². The molecular weight excluding hydrogens is 593 g/mol. The largest absolute Gasteiger partial charge is 0.495 e. The van der Waals surface area contributed by atoms with Gasteiger partial charge in [0.05, 0.1) is 17.4 Å². The van der Waals surface area contributed by atoms with Crippen molar-refractivity contribution in [3.63, 3.8) is 0 Å². The summed E-state index contributed by atoms with van der Waals surface area (Å²) >= 11 is 13.8. The Morgan fingerprint density at radius 2 is 1.48 bits per heavy atom. The highest BCUT2D eigenvalue weighted by molar-refractivity contribution is 8.00. The standard InChI is InChI=1S/C32H27Cl2N3O4S/c1-20(30(38)36-24-14-17-29(41-2)27(34)19-24)42-25-15-12-23(13-16-25)35-32(40)28(18-22-10-6-7-11-26(22)33)37-31(39)21-8-4-3-5-9-21/h3-20H,1-2H3,(H,35,40)(H,36,38)(H,37,39)/b28-18-. The van der Waals surface area contributed by atoms with Gasteiger partial charge in [-0.2, -0.15) is 0 Å². The molecule has 10 heteroatoms. The van der Waals surface area contributed by atoms with Crippen LogP contribution in [0.1, 0.15) is 22.8 Å². The average Bonchev–Trinajstić information content (AvgIpc) is 2.99. The van der Waals surface area contributed by atoms with Crippen LogP contribution in [0.2, 0.25) is 10.0 Å². The number of amides is 3. The van der Waals surface area contributed by atoms with E-state index in [4.69, 9.17) is 27.9 Å². The minimum Gasteiger partial charge on any atom is -0.495 e. The van der Waals surface area contributed by atoms with Gasteiger partial charge in [0, 0.05) is 26.9 Å². The van der Waals surface area contributed by atoms with E-state index in [-0.39, 0.29) is 11.6 Å². The SMILES string of the molecule is COc1ccc(NC(=O)C(C)Sc2ccc(NC(=O)/C(=C/c3ccccc3Cl)NC(=O)c3ccccc3)cc2)cc1Cl. The van der Waals surface area contributed by atoms with E-state index in [1.807, 2.05) is 0 Å². The monoisotopic (exact) mass is 619 g/mol. The lowest BCUT2D eigenvalue weighted by Crippen LogP contribution is -2.30. The molecule has 0 saturated carbocycles. The molecule has 4 aromatic rings. The summed E-state index contributed by atoms with van der Waals surface area (Å²) in [5.74, 6) is -0.623. The zero-order valence-electron chi connectivity index (χ0n) is 22.7. The normalized spacial score (nSPS) is 11.8. The molecule has 0 heterocycles. The third-order valence-corrected chi connectivity index (χ3v) is 7.70. The molecule has 7 nitrogen and oxygen atoms in total.